The van der Waals surface area contributed by atoms with Crippen LogP contribution in [-0.2, 0) is 19.6 Å². The topological polar surface area (TPSA) is 107 Å². The van der Waals surface area contributed by atoms with Gasteiger partial charge in [0.05, 0.1) is 4.90 Å². The zero-order chi connectivity index (χ0) is 24.3. The molecule has 3 rings (SSSR count). The molecule has 1 aliphatic rings. The average Bonchev–Trinajstić information content (AvgIpc) is 2.98. The molecule has 1 saturated heterocycles. The minimum absolute atomic E-state index is 0.0952. The Morgan fingerprint density at radius 2 is 1.61 bits per heavy atom. The monoisotopic (exact) mass is 476 g/mol. The summed E-state index contributed by atoms with van der Waals surface area (Å²) in [5.41, 5.74) is 0.663. The molecule has 0 radical (unpaired) electrons. The van der Waals surface area contributed by atoms with E-state index >= 15 is 0 Å². The molecular weight excluding hydrogens is 451 g/mol. The maximum absolute atomic E-state index is 13.2. The molecule has 9 nitrogen and oxygen atoms in total. The number of anilines is 2. The number of hydrogen-bond donors (Lipinski definition) is 1. The zero-order valence-electron chi connectivity index (χ0n) is 18.5. The largest absolute Gasteiger partial charge is 0.332 e. The lowest BCUT2D eigenvalue weighted by atomic mass is 10.2. The van der Waals surface area contributed by atoms with Crippen LogP contribution < -0.4 is 10.2 Å². The van der Waals surface area contributed by atoms with E-state index in [0.29, 0.717) is 24.5 Å². The molecule has 0 bridgehead atoms. The van der Waals surface area contributed by atoms with Gasteiger partial charge < -0.3 is 5.32 Å². The first kappa shape index (κ1) is 24.3. The lowest BCUT2D eigenvalue weighted by molar-refractivity contribution is -0.130. The second kappa shape index (κ2) is 9.67. The minimum Gasteiger partial charge on any atom is -0.325 e. The summed E-state index contributed by atoms with van der Waals surface area (Å²) in [5, 5.41) is 2.56. The Hall–Kier alpha value is -3.31. The summed E-state index contributed by atoms with van der Waals surface area (Å²) in [4.78, 5) is 39.9. The number of amides is 4. The summed E-state index contributed by atoms with van der Waals surface area (Å²) < 4.78 is 39.6. The number of sulfonamides is 1. The van der Waals surface area contributed by atoms with Crippen molar-refractivity contribution < 1.29 is 27.2 Å². The molecule has 11 heteroatoms. The van der Waals surface area contributed by atoms with Gasteiger partial charge in [-0.2, -0.15) is 4.31 Å². The highest BCUT2D eigenvalue weighted by Gasteiger charge is 2.44. The van der Waals surface area contributed by atoms with Crippen molar-refractivity contribution >= 4 is 39.2 Å². The third-order valence-electron chi connectivity index (χ3n) is 5.34. The second-order valence-electron chi connectivity index (χ2n) is 7.39. The summed E-state index contributed by atoms with van der Waals surface area (Å²) in [6.45, 7) is 5.17. The van der Waals surface area contributed by atoms with E-state index in [0.717, 1.165) is 4.90 Å². The van der Waals surface area contributed by atoms with Gasteiger partial charge >= 0.3 is 6.03 Å². The van der Waals surface area contributed by atoms with Gasteiger partial charge in [0, 0.05) is 24.5 Å². The SMILES string of the molecule is CCN(CC)S(=O)(=O)c1ccc(NC(=O)CN2C(=O)[C@H](C)N(c3ccc(F)cc3)C2=O)cc1. The van der Waals surface area contributed by atoms with Crippen LogP contribution in [-0.4, -0.2) is 61.1 Å². The quantitative estimate of drug-likeness (QED) is 0.590. The number of urea groups is 1. The Morgan fingerprint density at radius 3 is 2.15 bits per heavy atom. The fourth-order valence-corrected chi connectivity index (χ4v) is 5.03. The van der Waals surface area contributed by atoms with Crippen molar-refractivity contribution in [3.63, 3.8) is 0 Å². The molecule has 1 fully saturated rings. The molecular formula is C22H25FN4O5S. The van der Waals surface area contributed by atoms with Gasteiger partial charge in [0.15, 0.2) is 0 Å². The predicted molar refractivity (Wildman–Crippen MR) is 121 cm³/mol. The van der Waals surface area contributed by atoms with E-state index in [1.807, 2.05) is 0 Å². The van der Waals surface area contributed by atoms with Crippen molar-refractivity contribution in [2.24, 2.45) is 0 Å². The van der Waals surface area contributed by atoms with E-state index in [4.69, 9.17) is 0 Å². The number of nitrogens with one attached hydrogen (secondary N) is 1. The van der Waals surface area contributed by atoms with Crippen LogP contribution in [0.4, 0.5) is 20.6 Å². The number of carbonyl (C=O) groups excluding carboxylic acids is 3. The summed E-state index contributed by atoms with van der Waals surface area (Å²) in [6, 6.07) is 9.24. The van der Waals surface area contributed by atoms with Crippen LogP contribution in [0.3, 0.4) is 0 Å². The predicted octanol–water partition coefficient (Wildman–Crippen LogP) is 2.65. The van der Waals surface area contributed by atoms with E-state index < -0.39 is 46.3 Å². The summed E-state index contributed by atoms with van der Waals surface area (Å²) in [5.74, 6) is -1.65. The maximum atomic E-state index is 13.2. The van der Waals surface area contributed by atoms with Crippen molar-refractivity contribution in [2.45, 2.75) is 31.7 Å². The number of carbonyl (C=O) groups is 3. The molecule has 176 valence electrons. The number of imide groups is 1. The van der Waals surface area contributed by atoms with Gasteiger partial charge in [-0.3, -0.25) is 19.4 Å². The van der Waals surface area contributed by atoms with Gasteiger partial charge in [0.25, 0.3) is 5.91 Å². The lowest BCUT2D eigenvalue weighted by Crippen LogP contribution is -2.39. The van der Waals surface area contributed by atoms with E-state index in [-0.39, 0.29) is 4.90 Å². The third kappa shape index (κ3) is 4.88. The van der Waals surface area contributed by atoms with Crippen molar-refractivity contribution in [3.8, 4) is 0 Å². The molecule has 2 aromatic carbocycles. The Morgan fingerprint density at radius 1 is 1.03 bits per heavy atom. The van der Waals surface area contributed by atoms with Crippen LogP contribution in [0.25, 0.3) is 0 Å². The highest BCUT2D eigenvalue weighted by atomic mass is 32.2. The first-order valence-electron chi connectivity index (χ1n) is 10.4. The van der Waals surface area contributed by atoms with Gasteiger partial charge in [0.1, 0.15) is 18.4 Å². The zero-order valence-corrected chi connectivity index (χ0v) is 19.3. The molecule has 33 heavy (non-hydrogen) atoms. The Labute approximate surface area is 191 Å². The van der Waals surface area contributed by atoms with Gasteiger partial charge in [0.2, 0.25) is 15.9 Å². The van der Waals surface area contributed by atoms with E-state index in [1.165, 1.54) is 64.7 Å². The Balaban J connectivity index is 1.69. The summed E-state index contributed by atoms with van der Waals surface area (Å²) in [7, 11) is -3.63. The molecule has 0 saturated carbocycles. The van der Waals surface area contributed by atoms with Crippen molar-refractivity contribution in [1.29, 1.82) is 0 Å². The summed E-state index contributed by atoms with van der Waals surface area (Å²) in [6.07, 6.45) is 0. The first-order valence-corrected chi connectivity index (χ1v) is 11.8. The molecule has 1 aliphatic heterocycles. The van der Waals surface area contributed by atoms with Crippen molar-refractivity contribution in [2.75, 3.05) is 29.9 Å². The summed E-state index contributed by atoms with van der Waals surface area (Å²) >= 11 is 0. The minimum atomic E-state index is -3.63. The second-order valence-corrected chi connectivity index (χ2v) is 9.33. The molecule has 0 unspecified atom stereocenters. The van der Waals surface area contributed by atoms with Crippen LogP contribution >= 0.6 is 0 Å². The number of benzene rings is 2. The molecule has 2 aromatic rings. The fraction of sp³-hybridized carbons (Fsp3) is 0.318. The molecule has 1 atom stereocenters. The van der Waals surface area contributed by atoms with E-state index in [1.54, 1.807) is 13.8 Å². The Bertz CT molecular complexity index is 1150. The van der Waals surface area contributed by atoms with Crippen LogP contribution in [0.5, 0.6) is 0 Å². The molecule has 1 heterocycles. The molecule has 0 aromatic heterocycles. The number of hydrogen-bond acceptors (Lipinski definition) is 5. The van der Waals surface area contributed by atoms with Crippen LogP contribution in [0, 0.1) is 5.82 Å². The maximum Gasteiger partial charge on any atom is 0.332 e. The van der Waals surface area contributed by atoms with E-state index in [9.17, 15) is 27.2 Å². The number of halogens is 1. The molecule has 4 amide bonds. The highest BCUT2D eigenvalue weighted by Crippen LogP contribution is 2.26. The number of nitrogens with zero attached hydrogens (tertiary/aromatic N) is 3. The van der Waals surface area contributed by atoms with Gasteiger partial charge in [-0.1, -0.05) is 13.8 Å². The number of rotatable bonds is 8. The Kier molecular flexibility index (Phi) is 7.13. The van der Waals surface area contributed by atoms with Crippen LogP contribution in [0.2, 0.25) is 0 Å². The normalized spacial score (nSPS) is 16.6. The molecule has 0 spiro atoms. The van der Waals surface area contributed by atoms with Crippen LogP contribution in [0.1, 0.15) is 20.8 Å². The standard InChI is InChI=1S/C22H25FN4O5S/c1-4-25(5-2)33(31,32)19-12-8-17(9-13-19)24-20(28)14-26-21(29)15(3)27(22(26)30)18-10-6-16(23)7-11-18/h6-13,15H,4-5,14H2,1-3H3,(H,24,28)/t15-/m0/s1. The van der Waals surface area contributed by atoms with Gasteiger partial charge in [-0.15, -0.1) is 0 Å². The first-order chi connectivity index (χ1) is 15.6. The van der Waals surface area contributed by atoms with Crippen LogP contribution in [0.15, 0.2) is 53.4 Å². The molecule has 1 N–H and O–H groups in total. The highest BCUT2D eigenvalue weighted by molar-refractivity contribution is 7.89. The fourth-order valence-electron chi connectivity index (χ4n) is 3.57. The third-order valence-corrected chi connectivity index (χ3v) is 7.40. The van der Waals surface area contributed by atoms with Gasteiger partial charge in [-0.05, 0) is 55.5 Å². The van der Waals surface area contributed by atoms with Crippen molar-refractivity contribution in [1.82, 2.24) is 9.21 Å². The van der Waals surface area contributed by atoms with Crippen molar-refractivity contribution in [3.05, 3.63) is 54.3 Å². The molecule has 0 aliphatic carbocycles. The van der Waals surface area contributed by atoms with Gasteiger partial charge in [-0.25, -0.2) is 17.6 Å². The lowest BCUT2D eigenvalue weighted by Gasteiger charge is -2.19. The smallest absolute Gasteiger partial charge is 0.325 e. The average molecular weight is 477 g/mol. The van der Waals surface area contributed by atoms with E-state index in [2.05, 4.69) is 5.32 Å².